The summed E-state index contributed by atoms with van der Waals surface area (Å²) >= 11 is 23.5. The van der Waals surface area contributed by atoms with Crippen molar-refractivity contribution in [2.24, 2.45) is 0 Å². The van der Waals surface area contributed by atoms with E-state index in [9.17, 15) is 9.59 Å². The van der Waals surface area contributed by atoms with E-state index in [-0.39, 0.29) is 21.6 Å². The molecule has 0 radical (unpaired) electrons. The van der Waals surface area contributed by atoms with Gasteiger partial charge < -0.3 is 0 Å². The summed E-state index contributed by atoms with van der Waals surface area (Å²) in [6.45, 7) is 1.72. The molecular formula is C13H10Cl4N4O2. The maximum absolute atomic E-state index is 12.0. The topological polar surface area (TPSA) is 76.0 Å². The molecule has 2 rings (SSSR count). The van der Waals surface area contributed by atoms with Crippen LogP contribution in [0.3, 0.4) is 0 Å². The van der Waals surface area contributed by atoms with Gasteiger partial charge in [0, 0.05) is 10.7 Å². The zero-order valence-corrected chi connectivity index (χ0v) is 14.7. The van der Waals surface area contributed by atoms with Crippen molar-refractivity contribution in [1.82, 2.24) is 20.6 Å². The van der Waals surface area contributed by atoms with Crippen LogP contribution in [0.4, 0.5) is 0 Å². The monoisotopic (exact) mass is 394 g/mol. The molecule has 23 heavy (non-hydrogen) atoms. The van der Waals surface area contributed by atoms with Crippen LogP contribution >= 0.6 is 46.4 Å². The second kappa shape index (κ2) is 7.40. The molecule has 0 unspecified atom stereocenters. The first-order valence-electron chi connectivity index (χ1n) is 6.20. The van der Waals surface area contributed by atoms with Gasteiger partial charge in [-0.25, -0.2) is 4.68 Å². The lowest BCUT2D eigenvalue weighted by Gasteiger charge is -2.09. The van der Waals surface area contributed by atoms with Gasteiger partial charge in [0.2, 0.25) is 0 Å². The minimum atomic E-state index is -0.605. The number of hydrogen-bond acceptors (Lipinski definition) is 3. The average molecular weight is 396 g/mol. The van der Waals surface area contributed by atoms with E-state index < -0.39 is 11.8 Å². The summed E-state index contributed by atoms with van der Waals surface area (Å²) in [6, 6.07) is 4.56. The van der Waals surface area contributed by atoms with Gasteiger partial charge in [-0.1, -0.05) is 34.8 Å². The van der Waals surface area contributed by atoms with Crippen molar-refractivity contribution < 1.29 is 9.59 Å². The van der Waals surface area contributed by atoms with E-state index in [0.717, 1.165) is 0 Å². The normalized spacial score (nSPS) is 10.5. The number of carbonyl (C=O) groups excluding carboxylic acids is 2. The Kier molecular flexibility index (Phi) is 5.75. The largest absolute Gasteiger partial charge is 0.290 e. The average Bonchev–Trinajstić information content (AvgIpc) is 2.85. The second-order valence-corrected chi connectivity index (χ2v) is 5.95. The molecule has 0 saturated heterocycles. The van der Waals surface area contributed by atoms with Crippen LogP contribution in [-0.4, -0.2) is 27.5 Å². The molecule has 2 amide bonds. The lowest BCUT2D eigenvalue weighted by molar-refractivity contribution is -0.119. The first-order chi connectivity index (χ1) is 10.8. The van der Waals surface area contributed by atoms with Crippen molar-refractivity contribution in [2.45, 2.75) is 6.92 Å². The molecule has 0 bridgehead atoms. The highest BCUT2D eigenvalue weighted by atomic mass is 35.5. The van der Waals surface area contributed by atoms with Gasteiger partial charge in [0.15, 0.2) is 5.69 Å². The van der Waals surface area contributed by atoms with Gasteiger partial charge in [-0.2, -0.15) is 5.10 Å². The number of nitrogens with one attached hydrogen (secondary N) is 2. The number of alkyl halides is 1. The first-order valence-corrected chi connectivity index (χ1v) is 7.87. The SMILES string of the molecule is Cc1cc(C(=O)NNC(=O)CCl)nn1-c1c(Cl)cc(Cl)cc1Cl. The summed E-state index contributed by atoms with van der Waals surface area (Å²) in [5, 5.41) is 5.10. The maximum Gasteiger partial charge on any atom is 0.290 e. The first kappa shape index (κ1) is 17.9. The van der Waals surface area contributed by atoms with E-state index in [1.807, 2.05) is 0 Å². The Labute approximate surface area is 151 Å². The van der Waals surface area contributed by atoms with Gasteiger partial charge in [-0.15, -0.1) is 11.6 Å². The summed E-state index contributed by atoms with van der Waals surface area (Å²) in [4.78, 5) is 23.0. The van der Waals surface area contributed by atoms with Gasteiger partial charge >= 0.3 is 0 Å². The van der Waals surface area contributed by atoms with E-state index in [1.54, 1.807) is 6.92 Å². The van der Waals surface area contributed by atoms with Crippen molar-refractivity contribution in [3.05, 3.63) is 44.7 Å². The third-order valence-corrected chi connectivity index (χ3v) is 3.79. The fourth-order valence-corrected chi connectivity index (χ4v) is 2.82. The number of nitrogens with zero attached hydrogens (tertiary/aromatic N) is 2. The Morgan fingerprint density at radius 2 is 1.74 bits per heavy atom. The number of rotatable bonds is 3. The molecular weight excluding hydrogens is 386 g/mol. The lowest BCUT2D eigenvalue weighted by Crippen LogP contribution is -2.42. The highest BCUT2D eigenvalue weighted by Gasteiger charge is 2.17. The molecule has 0 fully saturated rings. The predicted octanol–water partition coefficient (Wildman–Crippen LogP) is 3.14. The molecule has 10 heteroatoms. The Balaban J connectivity index is 2.32. The molecule has 0 atom stereocenters. The quantitative estimate of drug-likeness (QED) is 0.619. The number of hydrazine groups is 1. The van der Waals surface area contributed by atoms with E-state index in [1.165, 1.54) is 22.9 Å². The molecule has 2 aromatic rings. The third kappa shape index (κ3) is 4.09. The number of amides is 2. The van der Waals surface area contributed by atoms with Gasteiger partial charge in [0.05, 0.1) is 10.0 Å². The number of aryl methyl sites for hydroxylation is 1. The van der Waals surface area contributed by atoms with Crippen LogP contribution in [-0.2, 0) is 4.79 Å². The zero-order chi connectivity index (χ0) is 17.1. The number of halogens is 4. The van der Waals surface area contributed by atoms with Crippen LogP contribution in [0, 0.1) is 6.92 Å². The minimum Gasteiger partial charge on any atom is -0.272 e. The summed E-state index contributed by atoms with van der Waals surface area (Å²) < 4.78 is 1.42. The summed E-state index contributed by atoms with van der Waals surface area (Å²) in [5.41, 5.74) is 5.42. The second-order valence-electron chi connectivity index (χ2n) is 4.44. The van der Waals surface area contributed by atoms with Gasteiger partial charge in [0.25, 0.3) is 11.8 Å². The van der Waals surface area contributed by atoms with Crippen LogP contribution in [0.15, 0.2) is 18.2 Å². The molecule has 1 aromatic heterocycles. The molecule has 2 N–H and O–H groups in total. The molecule has 0 saturated carbocycles. The number of carbonyl (C=O) groups is 2. The molecule has 122 valence electrons. The Hall–Kier alpha value is -1.47. The predicted molar refractivity (Wildman–Crippen MR) is 89.7 cm³/mol. The summed E-state index contributed by atoms with van der Waals surface area (Å²) in [5.74, 6) is -1.42. The molecule has 1 heterocycles. The maximum atomic E-state index is 12.0. The number of benzene rings is 1. The molecule has 0 spiro atoms. The lowest BCUT2D eigenvalue weighted by atomic mass is 10.3. The van der Waals surface area contributed by atoms with Crippen LogP contribution in [0.25, 0.3) is 5.69 Å². The van der Waals surface area contributed by atoms with Crippen LogP contribution in [0.1, 0.15) is 16.2 Å². The highest BCUT2D eigenvalue weighted by molar-refractivity contribution is 6.40. The van der Waals surface area contributed by atoms with Crippen molar-refractivity contribution in [3.63, 3.8) is 0 Å². The molecule has 1 aromatic carbocycles. The third-order valence-electron chi connectivity index (χ3n) is 2.75. The van der Waals surface area contributed by atoms with Gasteiger partial charge in [0.1, 0.15) is 11.6 Å². The van der Waals surface area contributed by atoms with E-state index in [0.29, 0.717) is 16.4 Å². The Morgan fingerprint density at radius 1 is 1.13 bits per heavy atom. The van der Waals surface area contributed by atoms with Crippen LogP contribution in [0.5, 0.6) is 0 Å². The standard InChI is InChI=1S/C13H10Cl4N4O2/c1-6-2-10(13(23)19-18-11(22)5-14)20-21(6)12-8(16)3-7(15)4-9(12)17/h2-4H,5H2,1H3,(H,18,22)(H,19,23). The smallest absolute Gasteiger partial charge is 0.272 e. The fourth-order valence-electron chi connectivity index (χ4n) is 1.77. The minimum absolute atomic E-state index is 0.0689. The molecule has 0 aliphatic rings. The van der Waals surface area contributed by atoms with Crippen molar-refractivity contribution in [2.75, 3.05) is 5.88 Å². The van der Waals surface area contributed by atoms with E-state index in [2.05, 4.69) is 16.0 Å². The molecule has 0 aliphatic carbocycles. The van der Waals surface area contributed by atoms with Crippen molar-refractivity contribution >= 4 is 58.2 Å². The summed E-state index contributed by atoms with van der Waals surface area (Å²) in [6.07, 6.45) is 0. The molecule has 6 nitrogen and oxygen atoms in total. The Bertz CT molecular complexity index is 752. The van der Waals surface area contributed by atoms with Crippen molar-refractivity contribution in [1.29, 1.82) is 0 Å². The number of hydrogen-bond donors (Lipinski definition) is 2. The van der Waals surface area contributed by atoms with Crippen molar-refractivity contribution in [3.8, 4) is 5.69 Å². The van der Waals surface area contributed by atoms with E-state index >= 15 is 0 Å². The van der Waals surface area contributed by atoms with Crippen LogP contribution < -0.4 is 10.9 Å². The van der Waals surface area contributed by atoms with E-state index in [4.69, 9.17) is 46.4 Å². The highest BCUT2D eigenvalue weighted by Crippen LogP contribution is 2.32. The summed E-state index contributed by atoms with van der Waals surface area (Å²) in [7, 11) is 0. The van der Waals surface area contributed by atoms with Gasteiger partial charge in [-0.05, 0) is 25.1 Å². The number of aromatic nitrogens is 2. The van der Waals surface area contributed by atoms with Gasteiger partial charge in [-0.3, -0.25) is 20.4 Å². The van der Waals surface area contributed by atoms with Crippen LogP contribution in [0.2, 0.25) is 15.1 Å². The molecule has 0 aliphatic heterocycles. The zero-order valence-electron chi connectivity index (χ0n) is 11.7. The Morgan fingerprint density at radius 3 is 2.30 bits per heavy atom. The fraction of sp³-hybridized carbons (Fsp3) is 0.154.